The Bertz CT molecular complexity index is 963. The predicted molar refractivity (Wildman–Crippen MR) is 102 cm³/mol. The molecule has 1 saturated carbocycles. The first-order chi connectivity index (χ1) is 13.8. The molecule has 1 aliphatic heterocycles. The largest absolute Gasteiger partial charge is 0.369 e. The second-order valence-corrected chi connectivity index (χ2v) is 7.40. The van der Waals surface area contributed by atoms with Crippen molar-refractivity contribution in [2.24, 2.45) is 5.92 Å². The summed E-state index contributed by atoms with van der Waals surface area (Å²) in [7, 11) is 0. The molecule has 3 N–H and O–H groups in total. The Morgan fingerprint density at radius 3 is 2.96 bits per heavy atom. The van der Waals surface area contributed by atoms with Crippen molar-refractivity contribution in [3.8, 4) is 11.4 Å². The van der Waals surface area contributed by atoms with Gasteiger partial charge in [-0.05, 0) is 37.8 Å². The number of H-pyrrole nitrogens is 2. The van der Waals surface area contributed by atoms with E-state index in [1.165, 1.54) is 12.8 Å². The quantitative estimate of drug-likeness (QED) is 0.632. The van der Waals surface area contributed by atoms with E-state index in [0.29, 0.717) is 24.2 Å². The number of nitrogens with one attached hydrogen (secondary N) is 3. The van der Waals surface area contributed by atoms with Crippen molar-refractivity contribution in [1.82, 2.24) is 25.1 Å². The van der Waals surface area contributed by atoms with Crippen LogP contribution in [0.3, 0.4) is 0 Å². The number of carbonyl (C=O) groups is 1. The first-order valence-electron chi connectivity index (χ1n) is 9.72. The third kappa shape index (κ3) is 3.43. The number of hydrogen-bond acceptors (Lipinski definition) is 5. The molecule has 1 aromatic carbocycles. The Morgan fingerprint density at radius 1 is 1.21 bits per heavy atom. The topological polar surface area (TPSA) is 109 Å². The van der Waals surface area contributed by atoms with Crippen LogP contribution in [0.25, 0.3) is 11.4 Å². The summed E-state index contributed by atoms with van der Waals surface area (Å²) in [5.74, 6) is 2.48. The lowest BCUT2D eigenvalue weighted by Crippen LogP contribution is -2.33. The smallest absolute Gasteiger partial charge is 0.230 e. The molecule has 28 heavy (non-hydrogen) atoms. The summed E-state index contributed by atoms with van der Waals surface area (Å²) in [5.41, 5.74) is 1.60. The number of aromatic nitrogens is 5. The van der Waals surface area contributed by atoms with Crippen LogP contribution in [-0.2, 0) is 9.53 Å². The molecule has 1 saturated heterocycles. The van der Waals surface area contributed by atoms with Crippen LogP contribution < -0.4 is 5.32 Å². The predicted octanol–water partition coefficient (Wildman–Crippen LogP) is 3.18. The van der Waals surface area contributed by atoms with E-state index >= 15 is 0 Å². The number of benzene rings is 1. The molecular formula is C20H22N6O2. The Kier molecular flexibility index (Phi) is 4.40. The average Bonchev–Trinajstić information content (AvgIpc) is 3.22. The molecule has 1 aliphatic carbocycles. The Balaban J connectivity index is 1.33. The standard InChI is InChI=1S/C20H22N6O2/c27-20(15-5-2-10-28-16(15)19-21-8-9-22-19)23-14-4-1-3-13(11-14)18-24-17(25-26-18)12-6-7-12/h1,3-4,8-9,11-12,15-16H,2,5-7,10H2,(H,21,22)(H,23,27)(H,24,25,26)/t15-,16-/m1/s1. The molecule has 144 valence electrons. The van der Waals surface area contributed by atoms with Gasteiger partial charge in [-0.3, -0.25) is 9.89 Å². The van der Waals surface area contributed by atoms with E-state index in [1.807, 2.05) is 24.3 Å². The van der Waals surface area contributed by atoms with Gasteiger partial charge in [0.2, 0.25) is 5.91 Å². The zero-order valence-corrected chi connectivity index (χ0v) is 15.4. The average molecular weight is 378 g/mol. The van der Waals surface area contributed by atoms with Gasteiger partial charge in [0.1, 0.15) is 17.8 Å². The maximum absolute atomic E-state index is 13.0. The first kappa shape index (κ1) is 17.1. The van der Waals surface area contributed by atoms with Crippen molar-refractivity contribution in [2.75, 3.05) is 11.9 Å². The molecule has 3 aromatic rings. The van der Waals surface area contributed by atoms with E-state index in [2.05, 4.69) is 30.5 Å². The number of ether oxygens (including phenoxy) is 1. The van der Waals surface area contributed by atoms with Crippen molar-refractivity contribution in [1.29, 1.82) is 0 Å². The van der Waals surface area contributed by atoms with Gasteiger partial charge in [-0.1, -0.05) is 12.1 Å². The highest BCUT2D eigenvalue weighted by atomic mass is 16.5. The molecule has 0 bridgehead atoms. The number of imidazole rings is 1. The van der Waals surface area contributed by atoms with Crippen molar-refractivity contribution in [3.05, 3.63) is 48.3 Å². The van der Waals surface area contributed by atoms with Crippen molar-refractivity contribution < 1.29 is 9.53 Å². The van der Waals surface area contributed by atoms with E-state index in [1.54, 1.807) is 12.4 Å². The number of aromatic amines is 2. The fourth-order valence-corrected chi connectivity index (χ4v) is 3.67. The van der Waals surface area contributed by atoms with E-state index < -0.39 is 0 Å². The highest BCUT2D eigenvalue weighted by molar-refractivity contribution is 5.93. The maximum atomic E-state index is 13.0. The summed E-state index contributed by atoms with van der Waals surface area (Å²) in [6.45, 7) is 0.638. The van der Waals surface area contributed by atoms with Gasteiger partial charge >= 0.3 is 0 Å². The van der Waals surface area contributed by atoms with E-state index in [4.69, 9.17) is 4.74 Å². The molecule has 2 aromatic heterocycles. The lowest BCUT2D eigenvalue weighted by Gasteiger charge is -2.29. The molecule has 5 rings (SSSR count). The van der Waals surface area contributed by atoms with Crippen LogP contribution in [0.2, 0.25) is 0 Å². The molecule has 0 radical (unpaired) electrons. The van der Waals surface area contributed by atoms with Crippen molar-refractivity contribution in [2.45, 2.75) is 37.7 Å². The van der Waals surface area contributed by atoms with Crippen LogP contribution in [0.1, 0.15) is 49.4 Å². The summed E-state index contributed by atoms with van der Waals surface area (Å²) in [6, 6.07) is 7.63. The Labute approximate surface area is 162 Å². The third-order valence-corrected chi connectivity index (χ3v) is 5.30. The van der Waals surface area contributed by atoms with Crippen LogP contribution in [-0.4, -0.2) is 37.7 Å². The molecule has 3 heterocycles. The first-order valence-corrected chi connectivity index (χ1v) is 9.72. The second-order valence-electron chi connectivity index (χ2n) is 7.40. The van der Waals surface area contributed by atoms with Crippen molar-refractivity contribution >= 4 is 11.6 Å². The van der Waals surface area contributed by atoms with Crippen LogP contribution in [0, 0.1) is 5.92 Å². The van der Waals surface area contributed by atoms with Crippen LogP contribution in [0.4, 0.5) is 5.69 Å². The summed E-state index contributed by atoms with van der Waals surface area (Å²) < 4.78 is 5.84. The minimum Gasteiger partial charge on any atom is -0.369 e. The van der Waals surface area contributed by atoms with Gasteiger partial charge in [0.05, 0.1) is 5.92 Å². The number of hydrogen-bond donors (Lipinski definition) is 3. The Hall–Kier alpha value is -3.00. The molecule has 2 fully saturated rings. The van der Waals surface area contributed by atoms with Crippen molar-refractivity contribution in [3.63, 3.8) is 0 Å². The molecule has 0 unspecified atom stereocenters. The number of rotatable bonds is 5. The molecule has 8 heteroatoms. The molecule has 1 amide bonds. The minimum atomic E-state index is -0.346. The fraction of sp³-hybridized carbons (Fsp3) is 0.400. The lowest BCUT2D eigenvalue weighted by atomic mass is 9.92. The molecular weight excluding hydrogens is 356 g/mol. The third-order valence-electron chi connectivity index (χ3n) is 5.30. The number of anilines is 1. The fourth-order valence-electron chi connectivity index (χ4n) is 3.67. The van der Waals surface area contributed by atoms with E-state index in [9.17, 15) is 4.79 Å². The van der Waals surface area contributed by atoms with Gasteiger partial charge < -0.3 is 15.0 Å². The van der Waals surface area contributed by atoms with Crippen LogP contribution in [0.15, 0.2) is 36.7 Å². The highest BCUT2D eigenvalue weighted by Gasteiger charge is 2.34. The summed E-state index contributed by atoms with van der Waals surface area (Å²) >= 11 is 0. The van der Waals surface area contributed by atoms with Gasteiger partial charge in [0, 0.05) is 36.2 Å². The lowest BCUT2D eigenvalue weighted by molar-refractivity contribution is -0.129. The maximum Gasteiger partial charge on any atom is 0.230 e. The molecule has 8 nitrogen and oxygen atoms in total. The molecule has 0 spiro atoms. The zero-order chi connectivity index (χ0) is 18.9. The van der Waals surface area contributed by atoms with Gasteiger partial charge in [-0.15, -0.1) is 0 Å². The van der Waals surface area contributed by atoms with Gasteiger partial charge in [0.25, 0.3) is 0 Å². The monoisotopic (exact) mass is 378 g/mol. The number of amides is 1. The van der Waals surface area contributed by atoms with Crippen LogP contribution in [0.5, 0.6) is 0 Å². The minimum absolute atomic E-state index is 0.0630. The second kappa shape index (κ2) is 7.20. The summed E-state index contributed by atoms with van der Waals surface area (Å²) in [5, 5.41) is 10.4. The SMILES string of the molecule is O=C(Nc1cccc(-c2n[nH]c(C3CC3)n2)c1)[C@@H]1CCCO[C@H]1c1ncc[nH]1. The van der Waals surface area contributed by atoms with E-state index in [-0.39, 0.29) is 17.9 Å². The van der Waals surface area contributed by atoms with Gasteiger partial charge in [-0.2, -0.15) is 5.10 Å². The molecule has 2 aliphatic rings. The van der Waals surface area contributed by atoms with E-state index in [0.717, 1.165) is 29.9 Å². The number of carbonyl (C=O) groups excluding carboxylic acids is 1. The van der Waals surface area contributed by atoms with Gasteiger partial charge in [-0.25, -0.2) is 9.97 Å². The normalized spacial score (nSPS) is 22.1. The number of nitrogens with zero attached hydrogens (tertiary/aromatic N) is 3. The highest BCUT2D eigenvalue weighted by Crippen LogP contribution is 2.38. The van der Waals surface area contributed by atoms with Crippen LogP contribution >= 0.6 is 0 Å². The summed E-state index contributed by atoms with van der Waals surface area (Å²) in [6.07, 6.45) is 7.05. The Morgan fingerprint density at radius 2 is 2.14 bits per heavy atom. The molecule has 2 atom stereocenters. The van der Waals surface area contributed by atoms with Gasteiger partial charge in [0.15, 0.2) is 5.82 Å². The summed E-state index contributed by atoms with van der Waals surface area (Å²) in [4.78, 5) is 24.9. The zero-order valence-electron chi connectivity index (χ0n) is 15.4.